The second kappa shape index (κ2) is 2.98. The minimum absolute atomic E-state index is 0.0951. The standard InChI is InChI=1S/C12H18O2/c1-7(13)14-10-5-11-8-2-3-9(4-8)12(11)6-10/h8-12H,2-6H2,1H3. The highest BCUT2D eigenvalue weighted by Gasteiger charge is 2.52. The maximum Gasteiger partial charge on any atom is 0.302 e. The lowest BCUT2D eigenvalue weighted by Crippen LogP contribution is -2.15. The summed E-state index contributed by atoms with van der Waals surface area (Å²) < 4.78 is 5.33. The quantitative estimate of drug-likeness (QED) is 0.599. The van der Waals surface area contributed by atoms with E-state index >= 15 is 0 Å². The molecule has 0 saturated heterocycles. The van der Waals surface area contributed by atoms with Crippen molar-refractivity contribution in [2.24, 2.45) is 23.7 Å². The van der Waals surface area contributed by atoms with Gasteiger partial charge in [-0.15, -0.1) is 0 Å². The molecule has 0 aromatic heterocycles. The minimum Gasteiger partial charge on any atom is -0.463 e. The lowest BCUT2D eigenvalue weighted by molar-refractivity contribution is -0.146. The molecule has 0 aromatic carbocycles. The average Bonchev–Trinajstić information content (AvgIpc) is 2.69. The Bertz CT molecular complexity index is 243. The van der Waals surface area contributed by atoms with Gasteiger partial charge in [-0.25, -0.2) is 0 Å². The molecule has 0 heterocycles. The first-order valence-electron chi connectivity index (χ1n) is 5.91. The van der Waals surface area contributed by atoms with E-state index in [4.69, 9.17) is 4.74 Å². The third kappa shape index (κ3) is 1.19. The normalized spacial score (nSPS) is 49.4. The molecule has 0 radical (unpaired) electrons. The summed E-state index contributed by atoms with van der Waals surface area (Å²) in [5.74, 6) is 3.66. The third-order valence-corrected chi connectivity index (χ3v) is 4.68. The Labute approximate surface area is 85.0 Å². The fraction of sp³-hybridized carbons (Fsp3) is 0.917. The van der Waals surface area contributed by atoms with Gasteiger partial charge in [0.25, 0.3) is 0 Å². The second-order valence-corrected chi connectivity index (χ2v) is 5.36. The monoisotopic (exact) mass is 194 g/mol. The molecule has 2 nitrogen and oxygen atoms in total. The van der Waals surface area contributed by atoms with Crippen molar-refractivity contribution in [3.63, 3.8) is 0 Å². The van der Waals surface area contributed by atoms with Crippen LogP contribution >= 0.6 is 0 Å². The van der Waals surface area contributed by atoms with Crippen molar-refractivity contribution >= 4 is 5.97 Å². The van der Waals surface area contributed by atoms with E-state index in [2.05, 4.69) is 0 Å². The maximum atomic E-state index is 10.9. The molecule has 14 heavy (non-hydrogen) atoms. The predicted molar refractivity (Wildman–Crippen MR) is 52.6 cm³/mol. The molecular weight excluding hydrogens is 176 g/mol. The van der Waals surface area contributed by atoms with E-state index in [-0.39, 0.29) is 12.1 Å². The van der Waals surface area contributed by atoms with E-state index in [9.17, 15) is 4.79 Å². The number of fused-ring (bicyclic) bond motifs is 5. The number of ether oxygens (including phenoxy) is 1. The smallest absolute Gasteiger partial charge is 0.302 e. The molecule has 3 fully saturated rings. The van der Waals surface area contributed by atoms with Crippen LogP contribution in [-0.2, 0) is 9.53 Å². The molecule has 4 atom stereocenters. The first-order chi connectivity index (χ1) is 6.74. The van der Waals surface area contributed by atoms with Gasteiger partial charge in [0.1, 0.15) is 6.10 Å². The van der Waals surface area contributed by atoms with E-state index < -0.39 is 0 Å². The van der Waals surface area contributed by atoms with Crippen molar-refractivity contribution in [2.75, 3.05) is 0 Å². The third-order valence-electron chi connectivity index (χ3n) is 4.68. The van der Waals surface area contributed by atoms with Gasteiger partial charge in [0, 0.05) is 6.92 Å². The van der Waals surface area contributed by atoms with Gasteiger partial charge >= 0.3 is 5.97 Å². The van der Waals surface area contributed by atoms with Crippen molar-refractivity contribution in [3.05, 3.63) is 0 Å². The Morgan fingerprint density at radius 1 is 1.07 bits per heavy atom. The zero-order valence-electron chi connectivity index (χ0n) is 8.74. The lowest BCUT2D eigenvalue weighted by Gasteiger charge is -2.23. The number of carbonyl (C=O) groups excluding carboxylic acids is 1. The molecule has 2 heteroatoms. The van der Waals surface area contributed by atoms with E-state index in [1.807, 2.05) is 0 Å². The van der Waals surface area contributed by atoms with Crippen LogP contribution in [-0.4, -0.2) is 12.1 Å². The molecule has 0 N–H and O–H groups in total. The molecule has 78 valence electrons. The minimum atomic E-state index is -0.0951. The van der Waals surface area contributed by atoms with Gasteiger partial charge in [-0.2, -0.15) is 0 Å². The molecule has 3 aliphatic rings. The fourth-order valence-electron chi connectivity index (χ4n) is 4.30. The second-order valence-electron chi connectivity index (χ2n) is 5.36. The highest BCUT2D eigenvalue weighted by atomic mass is 16.5. The molecule has 0 spiro atoms. The summed E-state index contributed by atoms with van der Waals surface area (Å²) in [7, 11) is 0. The largest absolute Gasteiger partial charge is 0.463 e. The summed E-state index contributed by atoms with van der Waals surface area (Å²) >= 11 is 0. The Morgan fingerprint density at radius 3 is 2.14 bits per heavy atom. The predicted octanol–water partition coefficient (Wildman–Crippen LogP) is 2.37. The molecular formula is C12H18O2. The van der Waals surface area contributed by atoms with E-state index in [1.165, 1.54) is 26.2 Å². The van der Waals surface area contributed by atoms with Gasteiger partial charge in [-0.3, -0.25) is 4.79 Å². The molecule has 0 aliphatic heterocycles. The van der Waals surface area contributed by atoms with Crippen LogP contribution in [0.1, 0.15) is 39.0 Å². The van der Waals surface area contributed by atoms with Gasteiger partial charge in [0.15, 0.2) is 0 Å². The van der Waals surface area contributed by atoms with E-state index in [1.54, 1.807) is 0 Å². The van der Waals surface area contributed by atoms with Crippen molar-refractivity contribution in [2.45, 2.75) is 45.1 Å². The summed E-state index contributed by atoms with van der Waals surface area (Å²) in [6.07, 6.45) is 6.93. The Morgan fingerprint density at radius 2 is 1.64 bits per heavy atom. The van der Waals surface area contributed by atoms with Crippen LogP contribution in [0.25, 0.3) is 0 Å². The number of esters is 1. The van der Waals surface area contributed by atoms with Gasteiger partial charge < -0.3 is 4.74 Å². The number of rotatable bonds is 1. The zero-order valence-corrected chi connectivity index (χ0v) is 8.74. The number of hydrogen-bond donors (Lipinski definition) is 0. The van der Waals surface area contributed by atoms with Crippen LogP contribution in [0.4, 0.5) is 0 Å². The topological polar surface area (TPSA) is 26.3 Å². The molecule has 0 aromatic rings. The summed E-state index contributed by atoms with van der Waals surface area (Å²) in [6, 6.07) is 0. The lowest BCUT2D eigenvalue weighted by atomic mass is 9.82. The Hall–Kier alpha value is -0.530. The molecule has 0 amide bonds. The van der Waals surface area contributed by atoms with Crippen molar-refractivity contribution in [1.82, 2.24) is 0 Å². The SMILES string of the molecule is CC(=O)OC1CC2C3CCC(C3)C2C1. The van der Waals surface area contributed by atoms with Crippen LogP contribution in [0.3, 0.4) is 0 Å². The summed E-state index contributed by atoms with van der Waals surface area (Å²) in [5.41, 5.74) is 0. The molecule has 2 bridgehead atoms. The van der Waals surface area contributed by atoms with Crippen LogP contribution in [0.2, 0.25) is 0 Å². The Kier molecular flexibility index (Phi) is 1.86. The van der Waals surface area contributed by atoms with Gasteiger partial charge in [0.2, 0.25) is 0 Å². The van der Waals surface area contributed by atoms with E-state index in [0.717, 1.165) is 36.5 Å². The Balaban J connectivity index is 1.68. The van der Waals surface area contributed by atoms with Crippen molar-refractivity contribution in [3.8, 4) is 0 Å². The van der Waals surface area contributed by atoms with Crippen LogP contribution < -0.4 is 0 Å². The average molecular weight is 194 g/mol. The highest BCUT2D eigenvalue weighted by Crippen LogP contribution is 2.59. The summed E-state index contributed by atoms with van der Waals surface area (Å²) in [4.78, 5) is 10.9. The van der Waals surface area contributed by atoms with Crippen molar-refractivity contribution in [1.29, 1.82) is 0 Å². The first-order valence-corrected chi connectivity index (χ1v) is 5.91. The molecule has 3 saturated carbocycles. The summed E-state index contributed by atoms with van der Waals surface area (Å²) in [5, 5.41) is 0. The van der Waals surface area contributed by atoms with Gasteiger partial charge in [0.05, 0.1) is 0 Å². The summed E-state index contributed by atoms with van der Waals surface area (Å²) in [6.45, 7) is 1.53. The van der Waals surface area contributed by atoms with E-state index in [0.29, 0.717) is 0 Å². The van der Waals surface area contributed by atoms with Crippen molar-refractivity contribution < 1.29 is 9.53 Å². The first kappa shape index (κ1) is 8.75. The molecule has 4 unspecified atom stereocenters. The zero-order chi connectivity index (χ0) is 9.71. The van der Waals surface area contributed by atoms with Crippen LogP contribution in [0.15, 0.2) is 0 Å². The van der Waals surface area contributed by atoms with Gasteiger partial charge in [-0.1, -0.05) is 0 Å². The molecule has 3 aliphatic carbocycles. The van der Waals surface area contributed by atoms with Gasteiger partial charge in [-0.05, 0) is 55.8 Å². The fourth-order valence-corrected chi connectivity index (χ4v) is 4.30. The van der Waals surface area contributed by atoms with Crippen LogP contribution in [0.5, 0.6) is 0 Å². The molecule has 3 rings (SSSR count). The number of hydrogen-bond acceptors (Lipinski definition) is 2. The van der Waals surface area contributed by atoms with Crippen LogP contribution in [0, 0.1) is 23.7 Å². The maximum absolute atomic E-state index is 10.9. The highest BCUT2D eigenvalue weighted by molar-refractivity contribution is 5.66. The number of carbonyl (C=O) groups is 1.